The van der Waals surface area contributed by atoms with Crippen LogP contribution < -0.4 is 5.32 Å². The molecule has 0 bridgehead atoms. The summed E-state index contributed by atoms with van der Waals surface area (Å²) in [4.78, 5) is 2.36. The Morgan fingerprint density at radius 2 is 1.84 bits per heavy atom. The minimum Gasteiger partial charge on any atom is -0.314 e. The summed E-state index contributed by atoms with van der Waals surface area (Å²) < 4.78 is 0. The molecule has 0 spiro atoms. The van der Waals surface area contributed by atoms with Gasteiger partial charge in [-0.3, -0.25) is 4.90 Å². The first-order valence-corrected chi connectivity index (χ1v) is 6.51. The Hall–Kier alpha value is 0.0400. The molecule has 19 heavy (non-hydrogen) atoms. The highest BCUT2D eigenvalue weighted by molar-refractivity contribution is 6.42. The zero-order chi connectivity index (χ0) is 12.3. The van der Waals surface area contributed by atoms with E-state index in [1.54, 1.807) is 0 Å². The van der Waals surface area contributed by atoms with E-state index in [1.807, 2.05) is 24.3 Å². The molecule has 1 atom stereocenters. The molecule has 0 radical (unpaired) electrons. The van der Waals surface area contributed by atoms with Gasteiger partial charge in [0, 0.05) is 26.2 Å². The van der Waals surface area contributed by atoms with Gasteiger partial charge in [-0.1, -0.05) is 41.4 Å². The quantitative estimate of drug-likeness (QED) is 0.835. The summed E-state index contributed by atoms with van der Waals surface area (Å²) in [5.74, 6) is 0. The number of nitrogens with one attached hydrogen (secondary N) is 1. The Bertz CT molecular complexity index is 406. The van der Waals surface area contributed by atoms with Crippen LogP contribution in [0.3, 0.4) is 0 Å². The molecule has 6 heteroatoms. The van der Waals surface area contributed by atoms with Crippen LogP contribution in [0.25, 0.3) is 0 Å². The SMILES string of the molecule is C=C[C@H](c1cccc(Cl)c1Cl)N1CCNCC1.Cl.Cl. The van der Waals surface area contributed by atoms with Gasteiger partial charge in [0.1, 0.15) is 0 Å². The number of hydrogen-bond donors (Lipinski definition) is 1. The van der Waals surface area contributed by atoms with E-state index in [1.165, 1.54) is 0 Å². The van der Waals surface area contributed by atoms with E-state index in [-0.39, 0.29) is 30.9 Å². The van der Waals surface area contributed by atoms with Gasteiger partial charge in [0.25, 0.3) is 0 Å². The molecule has 0 amide bonds. The third-order valence-corrected chi connectivity index (χ3v) is 3.90. The summed E-state index contributed by atoms with van der Waals surface area (Å²) >= 11 is 12.3. The van der Waals surface area contributed by atoms with Gasteiger partial charge in [-0.15, -0.1) is 31.4 Å². The van der Waals surface area contributed by atoms with Crippen LogP contribution >= 0.6 is 48.0 Å². The summed E-state index contributed by atoms with van der Waals surface area (Å²) in [5, 5.41) is 4.58. The molecule has 2 nitrogen and oxygen atoms in total. The number of nitrogens with zero attached hydrogens (tertiary/aromatic N) is 1. The van der Waals surface area contributed by atoms with Crippen LogP contribution in [0.2, 0.25) is 10.0 Å². The van der Waals surface area contributed by atoms with Gasteiger partial charge in [0.15, 0.2) is 0 Å². The summed E-state index contributed by atoms with van der Waals surface area (Å²) in [6.07, 6.45) is 1.93. The summed E-state index contributed by atoms with van der Waals surface area (Å²) in [5.41, 5.74) is 1.04. The van der Waals surface area contributed by atoms with Crippen LogP contribution in [-0.4, -0.2) is 31.1 Å². The zero-order valence-electron chi connectivity index (χ0n) is 10.4. The Morgan fingerprint density at radius 3 is 2.42 bits per heavy atom. The molecule has 1 aliphatic heterocycles. The average molecular weight is 344 g/mol. The van der Waals surface area contributed by atoms with Crippen molar-refractivity contribution < 1.29 is 0 Å². The molecule has 108 valence electrons. The summed E-state index contributed by atoms with van der Waals surface area (Å²) in [6.45, 7) is 7.92. The maximum Gasteiger partial charge on any atom is 0.0643 e. The summed E-state index contributed by atoms with van der Waals surface area (Å²) in [6, 6.07) is 5.90. The fraction of sp³-hybridized carbons (Fsp3) is 0.385. The highest BCUT2D eigenvalue weighted by Crippen LogP contribution is 2.33. The van der Waals surface area contributed by atoms with Crippen LogP contribution in [0.15, 0.2) is 30.9 Å². The van der Waals surface area contributed by atoms with Crippen molar-refractivity contribution in [3.05, 3.63) is 46.5 Å². The van der Waals surface area contributed by atoms with Crippen molar-refractivity contribution >= 4 is 48.0 Å². The molecule has 0 aliphatic carbocycles. The van der Waals surface area contributed by atoms with Gasteiger partial charge in [-0.05, 0) is 11.6 Å². The van der Waals surface area contributed by atoms with Gasteiger partial charge in [0.05, 0.1) is 16.1 Å². The maximum absolute atomic E-state index is 6.26. The van der Waals surface area contributed by atoms with Crippen molar-refractivity contribution in [3.8, 4) is 0 Å². The van der Waals surface area contributed by atoms with Crippen molar-refractivity contribution in [1.82, 2.24) is 10.2 Å². The minimum atomic E-state index is 0. The molecule has 1 aromatic carbocycles. The standard InChI is InChI=1S/C13H16Cl2N2.2ClH/c1-2-12(17-8-6-16-7-9-17)10-4-3-5-11(14)13(10)15;;/h2-5,12,16H,1,6-9H2;2*1H/t12-;;/m1../s1. The van der Waals surface area contributed by atoms with E-state index < -0.39 is 0 Å². The lowest BCUT2D eigenvalue weighted by molar-refractivity contribution is 0.203. The van der Waals surface area contributed by atoms with Gasteiger partial charge in [0.2, 0.25) is 0 Å². The molecule has 2 rings (SSSR count). The molecule has 0 aromatic heterocycles. The number of hydrogen-bond acceptors (Lipinski definition) is 2. The second kappa shape index (κ2) is 9.06. The fourth-order valence-electron chi connectivity index (χ4n) is 2.18. The molecular formula is C13H18Cl4N2. The van der Waals surface area contributed by atoms with Crippen molar-refractivity contribution in [2.24, 2.45) is 0 Å². The van der Waals surface area contributed by atoms with E-state index in [4.69, 9.17) is 23.2 Å². The highest BCUT2D eigenvalue weighted by atomic mass is 35.5. The Morgan fingerprint density at radius 1 is 1.21 bits per heavy atom. The van der Waals surface area contributed by atoms with Crippen molar-refractivity contribution in [2.45, 2.75) is 6.04 Å². The monoisotopic (exact) mass is 342 g/mol. The molecule has 1 fully saturated rings. The Kier molecular flexibility index (Phi) is 9.08. The predicted octanol–water partition coefficient (Wildman–Crippen LogP) is 3.97. The van der Waals surface area contributed by atoms with Crippen LogP contribution in [0.5, 0.6) is 0 Å². The third kappa shape index (κ3) is 4.52. The third-order valence-electron chi connectivity index (χ3n) is 3.07. The van der Waals surface area contributed by atoms with Crippen LogP contribution in [0, 0.1) is 0 Å². The smallest absolute Gasteiger partial charge is 0.0643 e. The maximum atomic E-state index is 6.26. The number of piperazine rings is 1. The molecule has 1 heterocycles. The molecular weight excluding hydrogens is 326 g/mol. The lowest BCUT2D eigenvalue weighted by Gasteiger charge is -2.33. The molecule has 0 saturated carbocycles. The van der Waals surface area contributed by atoms with Crippen molar-refractivity contribution in [1.29, 1.82) is 0 Å². The second-order valence-electron chi connectivity index (χ2n) is 4.11. The fourth-order valence-corrected chi connectivity index (χ4v) is 2.60. The van der Waals surface area contributed by atoms with Crippen molar-refractivity contribution in [3.63, 3.8) is 0 Å². The second-order valence-corrected chi connectivity index (χ2v) is 4.89. The minimum absolute atomic E-state index is 0. The van der Waals surface area contributed by atoms with E-state index in [9.17, 15) is 0 Å². The van der Waals surface area contributed by atoms with E-state index >= 15 is 0 Å². The largest absolute Gasteiger partial charge is 0.314 e. The van der Waals surface area contributed by atoms with Crippen LogP contribution in [0.1, 0.15) is 11.6 Å². The van der Waals surface area contributed by atoms with Gasteiger partial charge < -0.3 is 5.32 Å². The first-order valence-electron chi connectivity index (χ1n) is 5.75. The lowest BCUT2D eigenvalue weighted by Crippen LogP contribution is -2.44. The number of halogens is 4. The Balaban J connectivity index is 0.00000162. The van der Waals surface area contributed by atoms with Gasteiger partial charge in [-0.25, -0.2) is 0 Å². The first-order chi connectivity index (χ1) is 8.24. The van der Waals surface area contributed by atoms with E-state index in [2.05, 4.69) is 16.8 Å². The molecule has 1 saturated heterocycles. The molecule has 1 N–H and O–H groups in total. The predicted molar refractivity (Wildman–Crippen MR) is 88.3 cm³/mol. The molecule has 1 aromatic rings. The number of benzene rings is 1. The number of rotatable bonds is 3. The van der Waals surface area contributed by atoms with Gasteiger partial charge >= 0.3 is 0 Å². The highest BCUT2D eigenvalue weighted by Gasteiger charge is 2.21. The summed E-state index contributed by atoms with van der Waals surface area (Å²) in [7, 11) is 0. The van der Waals surface area contributed by atoms with Crippen LogP contribution in [0.4, 0.5) is 0 Å². The normalized spacial score (nSPS) is 16.9. The lowest BCUT2D eigenvalue weighted by atomic mass is 10.0. The molecule has 1 aliphatic rings. The van der Waals surface area contributed by atoms with Gasteiger partial charge in [-0.2, -0.15) is 0 Å². The van der Waals surface area contributed by atoms with Crippen molar-refractivity contribution in [2.75, 3.05) is 26.2 Å². The average Bonchev–Trinajstić information content (AvgIpc) is 2.37. The molecule has 0 unspecified atom stereocenters. The van der Waals surface area contributed by atoms with E-state index in [0.717, 1.165) is 31.7 Å². The Labute approximate surface area is 137 Å². The topological polar surface area (TPSA) is 15.3 Å². The van der Waals surface area contributed by atoms with E-state index in [0.29, 0.717) is 10.0 Å². The first kappa shape index (κ1) is 19.0. The zero-order valence-corrected chi connectivity index (χ0v) is 13.6. The van der Waals surface area contributed by atoms with Crippen LogP contribution in [-0.2, 0) is 0 Å².